The van der Waals surface area contributed by atoms with Gasteiger partial charge in [-0.2, -0.15) is 0 Å². The van der Waals surface area contributed by atoms with E-state index in [1.165, 1.54) is 14.2 Å². The van der Waals surface area contributed by atoms with Crippen LogP contribution in [-0.2, 0) is 20.9 Å². The molecule has 1 rings (SSSR count). The van der Waals surface area contributed by atoms with Crippen LogP contribution in [0.4, 0.5) is 0 Å². The molecular weight excluding hydrogens is 291 g/mol. The Hall–Kier alpha value is -0.200. The predicted octanol–water partition coefficient (Wildman–Crippen LogP) is 3.26. The molecule has 0 unspecified atom stereocenters. The maximum Gasteiger partial charge on any atom is 0.380 e. The summed E-state index contributed by atoms with van der Waals surface area (Å²) in [5.74, 6) is 0.445. The van der Waals surface area contributed by atoms with Crippen LogP contribution in [0.5, 0.6) is 5.75 Å². The zero-order valence-corrected chi connectivity index (χ0v) is 13.6. The Morgan fingerprint density at radius 3 is 2.06 bits per heavy atom. The summed E-state index contributed by atoms with van der Waals surface area (Å²) in [6.45, 7) is 3.58. The summed E-state index contributed by atoms with van der Waals surface area (Å²) in [5.41, 5.74) is 0. The highest BCUT2D eigenvalue weighted by Gasteiger charge is 2.19. The molecule has 0 aromatic carbocycles. The maximum absolute atomic E-state index is 5.43. The molecule has 0 bridgehead atoms. The van der Waals surface area contributed by atoms with Crippen LogP contribution in [0.2, 0.25) is 0 Å². The van der Waals surface area contributed by atoms with Crippen molar-refractivity contribution in [3.63, 3.8) is 0 Å². The molecule has 0 atom stereocenters. The molecule has 0 aliphatic carbocycles. The van der Waals surface area contributed by atoms with Gasteiger partial charge in [0, 0.05) is 30.8 Å². The van der Waals surface area contributed by atoms with Crippen molar-refractivity contribution in [1.29, 1.82) is 0 Å². The molecule has 0 fully saturated rings. The van der Waals surface area contributed by atoms with Gasteiger partial charge in [-0.15, -0.1) is 0 Å². The van der Waals surface area contributed by atoms with E-state index in [4.69, 9.17) is 25.4 Å². The van der Waals surface area contributed by atoms with Crippen LogP contribution in [0.25, 0.3) is 0 Å². The summed E-state index contributed by atoms with van der Waals surface area (Å²) >= 11 is 6.67. The van der Waals surface area contributed by atoms with Crippen molar-refractivity contribution in [2.75, 3.05) is 14.2 Å². The second-order valence-corrected chi connectivity index (χ2v) is 9.26. The second kappa shape index (κ2) is 6.30. The third-order valence-electron chi connectivity index (χ3n) is 1.67. The zero-order chi connectivity index (χ0) is 13.8. The summed E-state index contributed by atoms with van der Waals surface area (Å²) in [7, 11) is 2.91. The van der Waals surface area contributed by atoms with Crippen molar-refractivity contribution in [1.82, 2.24) is 9.97 Å². The first-order valence-corrected chi connectivity index (χ1v) is 8.57. The minimum absolute atomic E-state index is 0.0657. The van der Waals surface area contributed by atoms with E-state index in [2.05, 4.69) is 30.7 Å². The molecule has 0 N–H and O–H groups in total. The van der Waals surface area contributed by atoms with Gasteiger partial charge in [-0.05, 0) is 0 Å². The highest BCUT2D eigenvalue weighted by atomic mass is 32.5. The summed E-state index contributed by atoms with van der Waals surface area (Å²) in [6, 6.07) is 0. The Kier molecular flexibility index (Phi) is 5.55. The molecule has 1 heterocycles. The van der Waals surface area contributed by atoms with Crippen LogP contribution in [0.15, 0.2) is 17.6 Å². The molecule has 0 saturated heterocycles. The monoisotopic (exact) mass is 308 g/mol. The SMILES string of the molecule is COP(=S)(OC)Oc1cnc(SC(C)(C)C)nc1. The van der Waals surface area contributed by atoms with Gasteiger partial charge in [0.05, 0.1) is 12.4 Å². The lowest BCUT2D eigenvalue weighted by Gasteiger charge is -2.18. The predicted molar refractivity (Wildman–Crippen MR) is 76.6 cm³/mol. The number of hydrogen-bond donors (Lipinski definition) is 0. The van der Waals surface area contributed by atoms with Crippen LogP contribution in [0.3, 0.4) is 0 Å². The first-order chi connectivity index (χ1) is 8.28. The van der Waals surface area contributed by atoms with Crippen LogP contribution in [0, 0.1) is 0 Å². The zero-order valence-electron chi connectivity index (χ0n) is 11.0. The molecule has 8 heteroatoms. The lowest BCUT2D eigenvalue weighted by molar-refractivity contribution is 0.272. The smallest absolute Gasteiger partial charge is 0.380 e. The average Bonchev–Trinajstić information content (AvgIpc) is 2.30. The minimum Gasteiger partial charge on any atom is -0.421 e. The van der Waals surface area contributed by atoms with Crippen molar-refractivity contribution in [3.8, 4) is 5.75 Å². The molecule has 0 aliphatic heterocycles. The fourth-order valence-corrected chi connectivity index (χ4v) is 2.62. The van der Waals surface area contributed by atoms with Crippen molar-refractivity contribution < 1.29 is 13.6 Å². The molecule has 18 heavy (non-hydrogen) atoms. The summed E-state index contributed by atoms with van der Waals surface area (Å²) in [4.78, 5) is 8.41. The Morgan fingerprint density at radius 2 is 1.67 bits per heavy atom. The van der Waals surface area contributed by atoms with Gasteiger partial charge in [-0.1, -0.05) is 32.5 Å². The second-order valence-electron chi connectivity index (χ2n) is 4.32. The lowest BCUT2D eigenvalue weighted by atomic mass is 10.3. The molecule has 1 aromatic rings. The number of rotatable bonds is 5. The molecule has 0 saturated carbocycles. The van der Waals surface area contributed by atoms with E-state index in [1.54, 1.807) is 24.2 Å². The van der Waals surface area contributed by atoms with Crippen molar-refractivity contribution in [3.05, 3.63) is 12.4 Å². The van der Waals surface area contributed by atoms with Gasteiger partial charge < -0.3 is 13.6 Å². The van der Waals surface area contributed by atoms with E-state index in [-0.39, 0.29) is 4.75 Å². The number of hydrogen-bond acceptors (Lipinski definition) is 7. The largest absolute Gasteiger partial charge is 0.421 e. The maximum atomic E-state index is 5.43. The van der Waals surface area contributed by atoms with E-state index in [9.17, 15) is 0 Å². The minimum atomic E-state index is -2.71. The van der Waals surface area contributed by atoms with E-state index >= 15 is 0 Å². The molecule has 0 aliphatic rings. The Morgan fingerprint density at radius 1 is 1.17 bits per heavy atom. The lowest BCUT2D eigenvalue weighted by Crippen LogP contribution is -2.08. The van der Waals surface area contributed by atoms with Crippen LogP contribution in [-0.4, -0.2) is 28.9 Å². The highest BCUT2D eigenvalue weighted by molar-refractivity contribution is 8.07. The summed E-state index contributed by atoms with van der Waals surface area (Å²) < 4.78 is 15.5. The molecule has 1 aromatic heterocycles. The first-order valence-electron chi connectivity index (χ1n) is 5.20. The molecule has 102 valence electrons. The normalized spacial score (nSPS) is 12.5. The average molecular weight is 308 g/mol. The van der Waals surface area contributed by atoms with Crippen LogP contribution in [0.1, 0.15) is 20.8 Å². The van der Waals surface area contributed by atoms with Crippen LogP contribution >= 0.6 is 18.5 Å². The highest BCUT2D eigenvalue weighted by Crippen LogP contribution is 2.47. The third kappa shape index (κ3) is 5.20. The quantitative estimate of drug-likeness (QED) is 0.470. The van der Waals surface area contributed by atoms with Gasteiger partial charge in [-0.3, -0.25) is 0 Å². The van der Waals surface area contributed by atoms with Gasteiger partial charge in [-0.25, -0.2) is 9.97 Å². The van der Waals surface area contributed by atoms with Crippen molar-refractivity contribution in [2.24, 2.45) is 0 Å². The fourth-order valence-electron chi connectivity index (χ4n) is 0.956. The first kappa shape index (κ1) is 15.9. The van der Waals surface area contributed by atoms with Gasteiger partial charge in [0.1, 0.15) is 0 Å². The van der Waals surface area contributed by atoms with E-state index < -0.39 is 6.72 Å². The van der Waals surface area contributed by atoms with Gasteiger partial charge >= 0.3 is 6.72 Å². The summed E-state index contributed by atoms with van der Waals surface area (Å²) in [6.07, 6.45) is 3.14. The summed E-state index contributed by atoms with van der Waals surface area (Å²) in [5, 5.41) is 0.693. The topological polar surface area (TPSA) is 53.5 Å². The van der Waals surface area contributed by atoms with Crippen molar-refractivity contribution in [2.45, 2.75) is 30.7 Å². The standard InChI is InChI=1S/C10H17N2O3PS2/c1-10(2,3)18-9-11-6-8(7-12-9)15-16(17,13-4)14-5/h6-7H,1-5H3. The number of aromatic nitrogens is 2. The Labute approximate surface area is 117 Å². The van der Waals surface area contributed by atoms with Gasteiger partial charge in [0.25, 0.3) is 0 Å². The number of nitrogens with zero attached hydrogens (tertiary/aromatic N) is 2. The Balaban J connectivity index is 2.75. The van der Waals surface area contributed by atoms with Crippen LogP contribution < -0.4 is 4.52 Å². The Bertz CT molecular complexity index is 426. The van der Waals surface area contributed by atoms with Crippen molar-refractivity contribution >= 4 is 30.3 Å². The molecule has 0 spiro atoms. The molecule has 5 nitrogen and oxygen atoms in total. The third-order valence-corrected chi connectivity index (χ3v) is 5.12. The van der Waals surface area contributed by atoms with Gasteiger partial charge in [0.2, 0.25) is 0 Å². The fraction of sp³-hybridized carbons (Fsp3) is 0.600. The van der Waals surface area contributed by atoms with Gasteiger partial charge in [0.15, 0.2) is 10.9 Å². The van der Waals surface area contributed by atoms with E-state index in [0.29, 0.717) is 10.9 Å². The van der Waals surface area contributed by atoms with E-state index in [0.717, 1.165) is 0 Å². The van der Waals surface area contributed by atoms with E-state index in [1.807, 2.05) is 0 Å². The molecular formula is C10H17N2O3PS2. The molecule has 0 amide bonds. The number of thioether (sulfide) groups is 1. The molecule has 0 radical (unpaired) electrons.